The number of nitrogens with zero attached hydrogens (tertiary/aromatic N) is 1. The first-order valence-electron chi connectivity index (χ1n) is 9.09. The van der Waals surface area contributed by atoms with Gasteiger partial charge in [-0.25, -0.2) is 0 Å². The molecule has 0 radical (unpaired) electrons. The predicted molar refractivity (Wildman–Crippen MR) is 121 cm³/mol. The molecule has 0 aliphatic carbocycles. The van der Waals surface area contributed by atoms with E-state index in [1.165, 1.54) is 10.8 Å². The minimum atomic E-state index is 0.906. The topological polar surface area (TPSA) is 26.9 Å². The Balaban J connectivity index is 2.04. The number of hydrogen-bond acceptors (Lipinski definition) is 1. The second kappa shape index (κ2) is 6.77. The normalized spacial score (nSPS) is 11.8. The van der Waals surface area contributed by atoms with E-state index in [9.17, 15) is 5.21 Å². The number of halogens is 1. The summed E-state index contributed by atoms with van der Waals surface area (Å²) in [6.45, 7) is 0. The molecule has 0 spiro atoms. The van der Waals surface area contributed by atoms with E-state index in [-0.39, 0.29) is 0 Å². The zero-order valence-corrected chi connectivity index (χ0v) is 16.6. The van der Waals surface area contributed by atoms with E-state index in [2.05, 4.69) is 70.5 Å². The van der Waals surface area contributed by atoms with Crippen molar-refractivity contribution in [1.29, 1.82) is 0 Å². The fourth-order valence-electron chi connectivity index (χ4n) is 4.04. The number of hydrogen-bond donors (Lipinski definition) is 0. The van der Waals surface area contributed by atoms with Gasteiger partial charge in [0.05, 0.1) is 5.56 Å². The summed E-state index contributed by atoms with van der Waals surface area (Å²) in [5.41, 5.74) is 3.08. The van der Waals surface area contributed by atoms with Crippen LogP contribution in [-0.2, 0) is 0 Å². The van der Waals surface area contributed by atoms with Gasteiger partial charge in [0, 0.05) is 16.3 Å². The van der Waals surface area contributed by atoms with Crippen molar-refractivity contribution in [2.75, 3.05) is 0 Å². The van der Waals surface area contributed by atoms with E-state index >= 15 is 0 Å². The SMILES string of the molecule is [O-][n+]1cc(-c2c(/C=C\Br)ccc3ccc4ccccc4c23)c2ccccc2c1. The summed E-state index contributed by atoms with van der Waals surface area (Å²) in [4.78, 5) is 1.86. The van der Waals surface area contributed by atoms with Crippen molar-refractivity contribution in [3.63, 3.8) is 0 Å². The third-order valence-corrected chi connectivity index (χ3v) is 5.49. The lowest BCUT2D eigenvalue weighted by atomic mass is 9.89. The molecule has 0 saturated carbocycles. The molecular weight excluding hydrogens is 410 g/mol. The van der Waals surface area contributed by atoms with E-state index in [1.807, 2.05) is 29.3 Å². The van der Waals surface area contributed by atoms with Gasteiger partial charge < -0.3 is 5.21 Å². The van der Waals surface area contributed by atoms with Crippen LogP contribution in [0.25, 0.3) is 49.5 Å². The standard InChI is InChI=1S/C25H16BrNO/c26-14-13-19-12-11-18-10-9-17-5-1-4-8-22(17)24(18)25(19)23-16-27(28)15-20-6-2-3-7-21(20)23/h1-16H/b14-13-. The molecule has 0 bridgehead atoms. The molecule has 5 rings (SSSR count). The molecule has 0 N–H and O–H groups in total. The maximum atomic E-state index is 12.4. The fraction of sp³-hybridized carbons (Fsp3) is 0. The van der Waals surface area contributed by atoms with Crippen molar-refractivity contribution < 1.29 is 4.73 Å². The maximum absolute atomic E-state index is 12.4. The van der Waals surface area contributed by atoms with E-state index < -0.39 is 0 Å². The average Bonchev–Trinajstić information content (AvgIpc) is 2.73. The second-order valence-corrected chi connectivity index (χ2v) is 7.35. The number of fused-ring (bicyclic) bond motifs is 4. The number of pyridine rings is 1. The van der Waals surface area contributed by atoms with E-state index in [0.29, 0.717) is 0 Å². The van der Waals surface area contributed by atoms with Crippen molar-refractivity contribution in [1.82, 2.24) is 0 Å². The monoisotopic (exact) mass is 425 g/mol. The summed E-state index contributed by atoms with van der Waals surface area (Å²) in [6.07, 6.45) is 5.35. The Morgan fingerprint density at radius 3 is 2.21 bits per heavy atom. The highest BCUT2D eigenvalue weighted by Gasteiger charge is 2.17. The van der Waals surface area contributed by atoms with Crippen LogP contribution in [0, 0.1) is 5.21 Å². The minimum Gasteiger partial charge on any atom is -0.619 e. The van der Waals surface area contributed by atoms with Gasteiger partial charge in [0.2, 0.25) is 0 Å². The summed E-state index contributed by atoms with van der Waals surface area (Å²) < 4.78 is 0.906. The molecular formula is C25H16BrNO. The molecule has 0 atom stereocenters. The van der Waals surface area contributed by atoms with Crippen LogP contribution >= 0.6 is 15.9 Å². The molecule has 5 aromatic rings. The highest BCUT2D eigenvalue weighted by molar-refractivity contribution is 9.11. The average molecular weight is 426 g/mol. The van der Waals surface area contributed by atoms with Gasteiger partial charge in [-0.2, -0.15) is 4.73 Å². The predicted octanol–water partition coefficient (Wildman–Crippen LogP) is 6.81. The number of rotatable bonds is 2. The Morgan fingerprint density at radius 1 is 0.714 bits per heavy atom. The molecule has 0 aliphatic rings. The Hall–Kier alpha value is -3.17. The fourth-order valence-corrected chi connectivity index (χ4v) is 4.32. The molecule has 2 nitrogen and oxygen atoms in total. The van der Waals surface area contributed by atoms with Crippen molar-refractivity contribution in [3.8, 4) is 11.1 Å². The smallest absolute Gasteiger partial charge is 0.188 e. The van der Waals surface area contributed by atoms with Gasteiger partial charge in [0.15, 0.2) is 12.4 Å². The van der Waals surface area contributed by atoms with Gasteiger partial charge in [-0.1, -0.05) is 82.7 Å². The second-order valence-electron chi connectivity index (χ2n) is 6.83. The van der Waals surface area contributed by atoms with Crippen LogP contribution in [-0.4, -0.2) is 0 Å². The molecule has 0 amide bonds. The van der Waals surface area contributed by atoms with Crippen molar-refractivity contribution >= 4 is 54.3 Å². The molecule has 134 valence electrons. The van der Waals surface area contributed by atoms with Gasteiger partial charge in [-0.15, -0.1) is 0 Å². The lowest BCUT2D eigenvalue weighted by Gasteiger charge is -2.15. The first kappa shape index (κ1) is 17.0. The molecule has 0 unspecified atom stereocenters. The first-order chi connectivity index (χ1) is 13.8. The molecule has 1 heterocycles. The van der Waals surface area contributed by atoms with Crippen LogP contribution in [0.15, 0.2) is 90.2 Å². The molecule has 0 aliphatic heterocycles. The number of aromatic nitrogens is 1. The zero-order valence-electron chi connectivity index (χ0n) is 15.0. The molecule has 0 fully saturated rings. The number of benzene rings is 4. The molecule has 4 aromatic carbocycles. The molecule has 3 heteroatoms. The van der Waals surface area contributed by atoms with Crippen LogP contribution in [0.4, 0.5) is 0 Å². The minimum absolute atomic E-state index is 0.906. The molecule has 0 saturated heterocycles. The Bertz CT molecular complexity index is 1390. The van der Waals surface area contributed by atoms with Crippen molar-refractivity contribution in [2.45, 2.75) is 0 Å². The summed E-state index contributed by atoms with van der Waals surface area (Å²) in [5.74, 6) is 0. The summed E-state index contributed by atoms with van der Waals surface area (Å²) >= 11 is 3.42. The van der Waals surface area contributed by atoms with E-state index in [4.69, 9.17) is 0 Å². The highest BCUT2D eigenvalue weighted by Crippen LogP contribution is 2.39. The lowest BCUT2D eigenvalue weighted by molar-refractivity contribution is -0.603. The van der Waals surface area contributed by atoms with Crippen molar-refractivity contribution in [3.05, 3.63) is 101 Å². The Morgan fingerprint density at radius 2 is 1.39 bits per heavy atom. The summed E-state index contributed by atoms with van der Waals surface area (Å²) in [7, 11) is 0. The van der Waals surface area contributed by atoms with Gasteiger partial charge in [0.1, 0.15) is 0 Å². The van der Waals surface area contributed by atoms with Gasteiger partial charge in [0.25, 0.3) is 0 Å². The van der Waals surface area contributed by atoms with Gasteiger partial charge in [-0.05, 0) is 44.2 Å². The third kappa shape index (κ3) is 2.67. The van der Waals surface area contributed by atoms with Crippen LogP contribution < -0.4 is 4.73 Å². The first-order valence-corrected chi connectivity index (χ1v) is 10.0. The van der Waals surface area contributed by atoms with E-state index in [1.54, 1.807) is 12.4 Å². The van der Waals surface area contributed by atoms with Gasteiger partial charge >= 0.3 is 0 Å². The van der Waals surface area contributed by atoms with Crippen molar-refractivity contribution in [2.24, 2.45) is 0 Å². The van der Waals surface area contributed by atoms with Crippen LogP contribution in [0.3, 0.4) is 0 Å². The van der Waals surface area contributed by atoms with Crippen LogP contribution in [0.1, 0.15) is 5.56 Å². The zero-order chi connectivity index (χ0) is 19.1. The van der Waals surface area contributed by atoms with Crippen LogP contribution in [0.2, 0.25) is 0 Å². The van der Waals surface area contributed by atoms with Gasteiger partial charge in [-0.3, -0.25) is 0 Å². The van der Waals surface area contributed by atoms with Crippen LogP contribution in [0.5, 0.6) is 0 Å². The largest absolute Gasteiger partial charge is 0.619 e. The summed E-state index contributed by atoms with van der Waals surface area (Å²) in [6, 6.07) is 25.0. The highest BCUT2D eigenvalue weighted by atomic mass is 79.9. The van der Waals surface area contributed by atoms with E-state index in [0.717, 1.165) is 43.0 Å². The molecule has 28 heavy (non-hydrogen) atoms. The Labute approximate surface area is 171 Å². The maximum Gasteiger partial charge on any atom is 0.188 e. The molecule has 1 aromatic heterocycles. The summed E-state index contributed by atoms with van der Waals surface area (Å²) in [5, 5.41) is 19.1. The Kier molecular flexibility index (Phi) is 4.10. The third-order valence-electron chi connectivity index (χ3n) is 5.23. The lowest BCUT2D eigenvalue weighted by Crippen LogP contribution is -2.24. The quantitative estimate of drug-likeness (QED) is 0.173.